The van der Waals surface area contributed by atoms with Crippen molar-refractivity contribution < 1.29 is 9.72 Å². The average Bonchev–Trinajstić information content (AvgIpc) is 3.48. The molecule has 0 saturated carbocycles. The molecule has 0 spiro atoms. The van der Waals surface area contributed by atoms with Crippen LogP contribution in [0.4, 0.5) is 11.4 Å². The molecule has 2 heterocycles. The third-order valence-electron chi connectivity index (χ3n) is 5.77. The van der Waals surface area contributed by atoms with Crippen molar-refractivity contribution in [2.24, 2.45) is 0 Å². The molecule has 0 saturated heterocycles. The summed E-state index contributed by atoms with van der Waals surface area (Å²) < 4.78 is 1.93. The maximum Gasteiger partial charge on any atom is 0.293 e. The summed E-state index contributed by atoms with van der Waals surface area (Å²) in [6.45, 7) is 3.73. The molecule has 0 aliphatic heterocycles. The molecule has 5 aromatic rings. The van der Waals surface area contributed by atoms with Gasteiger partial charge in [0.2, 0.25) is 5.91 Å². The highest BCUT2D eigenvalue weighted by atomic mass is 32.2. The number of para-hydroxylation sites is 2. The number of benzene rings is 3. The summed E-state index contributed by atoms with van der Waals surface area (Å²) in [5.74, 6) is 0.281. The molecule has 0 atom stereocenters. The van der Waals surface area contributed by atoms with Gasteiger partial charge in [-0.15, -0.1) is 10.2 Å². The summed E-state index contributed by atoms with van der Waals surface area (Å²) in [4.78, 5) is 27.0. The third-order valence-corrected chi connectivity index (χ3v) is 6.70. The Morgan fingerprint density at radius 2 is 1.89 bits per heavy atom. The Kier molecular flexibility index (Phi) is 6.26. The number of aromatic nitrogens is 4. The number of hydrogen-bond donors (Lipinski definition) is 2. The molecule has 1 amide bonds. The standard InChI is InChI=1S/C26H22N6O3S/c1-16-7-5-9-18(13-16)31-25(20-14-27-21-11-4-3-10-19(20)21)29-30-26(31)36-15-23(33)28-24-17(2)8-6-12-22(24)32(34)35/h3-14,27H,15H2,1-2H3,(H,28,33). The van der Waals surface area contributed by atoms with Crippen LogP contribution >= 0.6 is 11.8 Å². The van der Waals surface area contributed by atoms with E-state index in [1.165, 1.54) is 17.8 Å². The average molecular weight is 499 g/mol. The largest absolute Gasteiger partial charge is 0.360 e. The zero-order valence-corrected chi connectivity index (χ0v) is 20.4. The van der Waals surface area contributed by atoms with Crippen molar-refractivity contribution in [3.63, 3.8) is 0 Å². The van der Waals surface area contributed by atoms with Gasteiger partial charge in [0, 0.05) is 34.4 Å². The number of nitro benzene ring substituents is 1. The summed E-state index contributed by atoms with van der Waals surface area (Å²) in [6.07, 6.45) is 1.90. The number of anilines is 1. The molecular weight excluding hydrogens is 476 g/mol. The molecule has 36 heavy (non-hydrogen) atoms. The van der Waals surface area contributed by atoms with Gasteiger partial charge >= 0.3 is 0 Å². The van der Waals surface area contributed by atoms with Crippen LogP contribution < -0.4 is 5.32 Å². The maximum absolute atomic E-state index is 12.8. The second-order valence-electron chi connectivity index (χ2n) is 8.29. The molecule has 180 valence electrons. The quantitative estimate of drug-likeness (QED) is 0.169. The Balaban J connectivity index is 1.47. The van der Waals surface area contributed by atoms with Gasteiger partial charge in [-0.2, -0.15) is 0 Å². The molecule has 10 heteroatoms. The van der Waals surface area contributed by atoms with E-state index in [1.54, 1.807) is 19.1 Å². The zero-order valence-electron chi connectivity index (χ0n) is 19.6. The minimum Gasteiger partial charge on any atom is -0.360 e. The fourth-order valence-corrected chi connectivity index (χ4v) is 4.82. The van der Waals surface area contributed by atoms with Gasteiger partial charge in [0.25, 0.3) is 5.69 Å². The number of carbonyl (C=O) groups excluding carboxylic acids is 1. The fourth-order valence-electron chi connectivity index (χ4n) is 4.07. The van der Waals surface area contributed by atoms with Crippen LogP contribution in [-0.2, 0) is 4.79 Å². The molecular formula is C26H22N6O3S. The molecule has 3 aromatic carbocycles. The van der Waals surface area contributed by atoms with E-state index in [0.29, 0.717) is 16.5 Å². The summed E-state index contributed by atoms with van der Waals surface area (Å²) >= 11 is 1.22. The number of thioether (sulfide) groups is 1. The van der Waals surface area contributed by atoms with E-state index in [-0.39, 0.29) is 23.0 Å². The van der Waals surface area contributed by atoms with Crippen LogP contribution in [0.1, 0.15) is 11.1 Å². The lowest BCUT2D eigenvalue weighted by atomic mass is 10.1. The molecule has 0 aliphatic rings. The summed E-state index contributed by atoms with van der Waals surface area (Å²) in [7, 11) is 0. The predicted octanol–water partition coefficient (Wildman–Crippen LogP) is 5.67. The van der Waals surface area contributed by atoms with Crippen LogP contribution in [0, 0.1) is 24.0 Å². The van der Waals surface area contributed by atoms with Gasteiger partial charge in [-0.05, 0) is 43.2 Å². The number of rotatable bonds is 7. The first kappa shape index (κ1) is 23.3. The maximum atomic E-state index is 12.8. The Hall–Kier alpha value is -4.44. The van der Waals surface area contributed by atoms with Crippen molar-refractivity contribution in [2.75, 3.05) is 11.1 Å². The van der Waals surface area contributed by atoms with E-state index in [9.17, 15) is 14.9 Å². The van der Waals surface area contributed by atoms with Crippen molar-refractivity contribution in [1.29, 1.82) is 0 Å². The number of nitro groups is 1. The van der Waals surface area contributed by atoms with E-state index in [4.69, 9.17) is 0 Å². The Morgan fingerprint density at radius 3 is 2.69 bits per heavy atom. The van der Waals surface area contributed by atoms with Crippen molar-refractivity contribution in [1.82, 2.24) is 19.7 Å². The topological polar surface area (TPSA) is 119 Å². The molecule has 0 aliphatic carbocycles. The number of H-pyrrole nitrogens is 1. The van der Waals surface area contributed by atoms with Crippen molar-refractivity contribution in [3.8, 4) is 17.1 Å². The molecule has 9 nitrogen and oxygen atoms in total. The smallest absolute Gasteiger partial charge is 0.293 e. The fraction of sp³-hybridized carbons (Fsp3) is 0.115. The lowest BCUT2D eigenvalue weighted by molar-refractivity contribution is -0.384. The van der Waals surface area contributed by atoms with Gasteiger partial charge in [0.05, 0.1) is 10.7 Å². The minimum absolute atomic E-state index is 0.00330. The number of nitrogens with one attached hydrogen (secondary N) is 2. The molecule has 0 radical (unpaired) electrons. The van der Waals surface area contributed by atoms with Crippen molar-refractivity contribution >= 4 is 39.9 Å². The lowest BCUT2D eigenvalue weighted by Gasteiger charge is -2.11. The molecule has 2 N–H and O–H groups in total. The number of aryl methyl sites for hydroxylation is 2. The summed E-state index contributed by atoms with van der Waals surface area (Å²) in [6, 6.07) is 20.6. The van der Waals surface area contributed by atoms with Gasteiger partial charge in [-0.3, -0.25) is 19.5 Å². The summed E-state index contributed by atoms with van der Waals surface area (Å²) in [5, 5.41) is 24.5. The highest BCUT2D eigenvalue weighted by Crippen LogP contribution is 2.33. The van der Waals surface area contributed by atoms with Gasteiger partial charge < -0.3 is 10.3 Å². The van der Waals surface area contributed by atoms with Crippen molar-refractivity contribution in [3.05, 3.63) is 94.2 Å². The van der Waals surface area contributed by atoms with Crippen LogP contribution in [0.5, 0.6) is 0 Å². The highest BCUT2D eigenvalue weighted by molar-refractivity contribution is 7.99. The lowest BCUT2D eigenvalue weighted by Crippen LogP contribution is -2.16. The van der Waals surface area contributed by atoms with Crippen LogP contribution in [-0.4, -0.2) is 36.3 Å². The Labute approximate surface area is 210 Å². The SMILES string of the molecule is Cc1cccc(-n2c(SCC(=O)Nc3c(C)cccc3[N+](=O)[O-])nnc2-c2c[nH]c3ccccc23)c1. The normalized spacial score (nSPS) is 11.1. The number of nitrogens with zero attached hydrogens (tertiary/aromatic N) is 4. The second kappa shape index (κ2) is 9.67. The van der Waals surface area contributed by atoms with E-state index in [0.717, 1.165) is 27.7 Å². The first-order valence-corrected chi connectivity index (χ1v) is 12.2. The molecule has 2 aromatic heterocycles. The van der Waals surface area contributed by atoms with E-state index in [2.05, 4.69) is 20.5 Å². The number of carbonyl (C=O) groups is 1. The third kappa shape index (κ3) is 4.46. The molecule has 5 rings (SSSR count). The van der Waals surface area contributed by atoms with Crippen LogP contribution in [0.25, 0.3) is 28.0 Å². The first-order chi connectivity index (χ1) is 17.4. The van der Waals surface area contributed by atoms with E-state index >= 15 is 0 Å². The van der Waals surface area contributed by atoms with Crippen LogP contribution in [0.2, 0.25) is 0 Å². The van der Waals surface area contributed by atoms with Gasteiger partial charge in [-0.1, -0.05) is 54.2 Å². The number of aromatic amines is 1. The summed E-state index contributed by atoms with van der Waals surface area (Å²) in [5.41, 5.74) is 4.51. The number of amides is 1. The first-order valence-electron chi connectivity index (χ1n) is 11.2. The van der Waals surface area contributed by atoms with Gasteiger partial charge in [-0.25, -0.2) is 0 Å². The van der Waals surface area contributed by atoms with Gasteiger partial charge in [0.1, 0.15) is 5.69 Å². The highest BCUT2D eigenvalue weighted by Gasteiger charge is 2.21. The Morgan fingerprint density at radius 1 is 1.08 bits per heavy atom. The van der Waals surface area contributed by atoms with E-state index < -0.39 is 4.92 Å². The minimum atomic E-state index is -0.502. The number of hydrogen-bond acceptors (Lipinski definition) is 6. The van der Waals surface area contributed by atoms with Crippen molar-refractivity contribution in [2.45, 2.75) is 19.0 Å². The van der Waals surface area contributed by atoms with E-state index in [1.807, 2.05) is 66.2 Å². The predicted molar refractivity (Wildman–Crippen MR) is 141 cm³/mol. The van der Waals surface area contributed by atoms with Crippen LogP contribution in [0.3, 0.4) is 0 Å². The van der Waals surface area contributed by atoms with Crippen LogP contribution in [0.15, 0.2) is 78.1 Å². The molecule has 0 bridgehead atoms. The zero-order chi connectivity index (χ0) is 25.2. The monoisotopic (exact) mass is 498 g/mol. The Bertz CT molecular complexity index is 1610. The van der Waals surface area contributed by atoms with Gasteiger partial charge in [0.15, 0.2) is 11.0 Å². The number of fused-ring (bicyclic) bond motifs is 1. The molecule has 0 unspecified atom stereocenters. The second-order valence-corrected chi connectivity index (χ2v) is 9.23. The molecule has 0 fully saturated rings.